The minimum Gasteiger partial charge on any atom is -0.477 e. The molecule has 0 amide bonds. The largest absolute Gasteiger partial charge is 0.477 e. The number of hydrogen-bond acceptors (Lipinski definition) is 2. The molecule has 210 valence electrons. The molecule has 1 rings (SSSR count). The van der Waals surface area contributed by atoms with Crippen molar-refractivity contribution in [2.24, 2.45) is 5.73 Å². The monoisotopic (exact) mass is 563 g/mol. The van der Waals surface area contributed by atoms with Gasteiger partial charge in [0.2, 0.25) is 0 Å². The maximum Gasteiger partial charge on any atom is 0.460 e. The third-order valence-electron chi connectivity index (χ3n) is 4.64. The third-order valence-corrected chi connectivity index (χ3v) is 4.64. The van der Waals surface area contributed by atoms with Crippen LogP contribution in [0.1, 0.15) is 32.1 Å². The molecule has 0 spiro atoms. The number of aliphatic carboxylic acids is 1. The highest BCUT2D eigenvalue weighted by molar-refractivity contribution is 5.77. The fraction of sp³-hybridized carbons (Fsp3) is 0.933. The summed E-state index contributed by atoms with van der Waals surface area (Å²) < 4.78 is 214. The summed E-state index contributed by atoms with van der Waals surface area (Å²) in [6.07, 6.45) is -1.17. The number of rotatable bonds is 7. The topological polar surface area (TPSA) is 63.3 Å². The fourth-order valence-corrected chi connectivity index (χ4v) is 2.43. The average molecular weight is 563 g/mol. The van der Waals surface area contributed by atoms with Crippen molar-refractivity contribution in [1.82, 2.24) is 0 Å². The van der Waals surface area contributed by atoms with Crippen LogP contribution in [0, 0.1) is 0 Å². The normalized spacial score (nSPS) is 18.1. The Bertz CT molecular complexity index is 740. The zero-order valence-electron chi connectivity index (χ0n) is 16.5. The number of hydrogen-bond donors (Lipinski definition) is 2. The van der Waals surface area contributed by atoms with E-state index in [0.29, 0.717) is 6.04 Å². The van der Waals surface area contributed by atoms with Crippen molar-refractivity contribution in [3.8, 4) is 0 Å². The molecule has 1 fully saturated rings. The molecule has 1 saturated carbocycles. The van der Waals surface area contributed by atoms with Crippen LogP contribution in [0.5, 0.6) is 0 Å². The highest BCUT2D eigenvalue weighted by Gasteiger charge is 2.95. The minimum absolute atomic E-state index is 0.536. The zero-order chi connectivity index (χ0) is 28.7. The molecule has 0 radical (unpaired) electrons. The van der Waals surface area contributed by atoms with E-state index in [4.69, 9.17) is 10.8 Å². The Labute approximate surface area is 183 Å². The van der Waals surface area contributed by atoms with Crippen LogP contribution in [0.2, 0.25) is 0 Å². The molecular weight excluding hydrogens is 549 g/mol. The van der Waals surface area contributed by atoms with Gasteiger partial charge in [0.05, 0.1) is 0 Å². The van der Waals surface area contributed by atoms with Crippen LogP contribution < -0.4 is 5.73 Å². The van der Waals surface area contributed by atoms with Crippen LogP contribution in [-0.2, 0) is 4.79 Å². The van der Waals surface area contributed by atoms with Gasteiger partial charge in [-0.25, -0.2) is 4.79 Å². The number of carboxylic acids is 1. The SMILES string of the molecule is NC1CCCCC1.O=C(O)C(F)(F)C(F)(F)C(F)(F)C(F)(F)C(F)(F)C(F)(F)C(F)(F)C(F)(F)F. The van der Waals surface area contributed by atoms with E-state index in [1.54, 1.807) is 0 Å². The first-order valence-corrected chi connectivity index (χ1v) is 8.79. The van der Waals surface area contributed by atoms with Crippen LogP contribution in [0.3, 0.4) is 0 Å². The van der Waals surface area contributed by atoms with Gasteiger partial charge < -0.3 is 10.8 Å². The summed E-state index contributed by atoms with van der Waals surface area (Å²) in [6.45, 7) is 0. The van der Waals surface area contributed by atoms with E-state index in [0.717, 1.165) is 0 Å². The van der Waals surface area contributed by atoms with Crippen molar-refractivity contribution in [2.45, 2.75) is 85.8 Å². The van der Waals surface area contributed by atoms with Gasteiger partial charge in [-0.2, -0.15) is 74.6 Å². The Morgan fingerprint density at radius 2 is 0.829 bits per heavy atom. The molecule has 0 saturated heterocycles. The highest BCUT2D eigenvalue weighted by Crippen LogP contribution is 2.63. The van der Waals surface area contributed by atoms with Gasteiger partial charge in [-0.3, -0.25) is 0 Å². The van der Waals surface area contributed by atoms with Crippen LogP contribution in [0.15, 0.2) is 0 Å². The van der Waals surface area contributed by atoms with Crippen molar-refractivity contribution in [2.75, 3.05) is 0 Å². The van der Waals surface area contributed by atoms with E-state index < -0.39 is 53.6 Å². The Morgan fingerprint density at radius 3 is 1.06 bits per heavy atom. The molecular formula is C15H14F17NO2. The zero-order valence-corrected chi connectivity index (χ0v) is 16.5. The second-order valence-corrected chi connectivity index (χ2v) is 7.22. The predicted molar refractivity (Wildman–Crippen MR) is 79.4 cm³/mol. The van der Waals surface area contributed by atoms with Gasteiger partial charge in [-0.05, 0) is 12.8 Å². The number of carboxylic acid groups (broad SMARTS) is 1. The molecule has 3 nitrogen and oxygen atoms in total. The Balaban J connectivity index is 0.00000140. The first kappa shape index (κ1) is 33.2. The molecule has 0 atom stereocenters. The molecule has 0 aromatic heterocycles. The summed E-state index contributed by atoms with van der Waals surface area (Å²) in [5.74, 6) is -62.9. The van der Waals surface area contributed by atoms with Crippen LogP contribution >= 0.6 is 0 Å². The van der Waals surface area contributed by atoms with Gasteiger partial charge in [-0.1, -0.05) is 19.3 Å². The lowest BCUT2D eigenvalue weighted by atomic mass is 9.89. The quantitative estimate of drug-likeness (QED) is 0.355. The molecule has 1 aliphatic rings. The van der Waals surface area contributed by atoms with Gasteiger partial charge >= 0.3 is 53.6 Å². The fourth-order valence-electron chi connectivity index (χ4n) is 2.43. The van der Waals surface area contributed by atoms with Crippen molar-refractivity contribution < 1.29 is 84.5 Å². The molecule has 0 unspecified atom stereocenters. The van der Waals surface area contributed by atoms with E-state index in [2.05, 4.69) is 0 Å². The van der Waals surface area contributed by atoms with Gasteiger partial charge in [0, 0.05) is 6.04 Å². The van der Waals surface area contributed by atoms with Crippen molar-refractivity contribution in [1.29, 1.82) is 0 Å². The summed E-state index contributed by atoms with van der Waals surface area (Å²) in [5, 5.41) is 7.59. The number of halogens is 17. The van der Waals surface area contributed by atoms with E-state index in [1.807, 2.05) is 0 Å². The molecule has 0 bridgehead atoms. The van der Waals surface area contributed by atoms with E-state index in [1.165, 1.54) is 32.1 Å². The second-order valence-electron chi connectivity index (χ2n) is 7.22. The average Bonchev–Trinajstić information content (AvgIpc) is 2.67. The van der Waals surface area contributed by atoms with E-state index in [-0.39, 0.29) is 0 Å². The summed E-state index contributed by atoms with van der Waals surface area (Å²) in [5.41, 5.74) is 5.63. The van der Waals surface area contributed by atoms with Gasteiger partial charge in [-0.15, -0.1) is 0 Å². The molecule has 0 aliphatic heterocycles. The lowest BCUT2D eigenvalue weighted by Gasteiger charge is -2.42. The standard InChI is InChI=1S/C9HF17O2.C6H13N/c10-2(11,1(27)28)3(12,13)4(14,15)5(16,17)6(18,19)7(20,21)8(22,23)9(24,25)26;7-6-4-2-1-3-5-6/h(H,27,28);6H,1-5,7H2. The molecule has 3 N–H and O–H groups in total. The lowest BCUT2D eigenvalue weighted by molar-refractivity contribution is -0.459. The number of alkyl halides is 17. The highest BCUT2D eigenvalue weighted by atomic mass is 19.4. The van der Waals surface area contributed by atoms with Gasteiger partial charge in [0.1, 0.15) is 0 Å². The number of nitrogens with two attached hydrogens (primary N) is 1. The Kier molecular flexibility index (Phi) is 9.12. The van der Waals surface area contributed by atoms with Crippen LogP contribution in [0.25, 0.3) is 0 Å². The van der Waals surface area contributed by atoms with Gasteiger partial charge in [0.25, 0.3) is 0 Å². The summed E-state index contributed by atoms with van der Waals surface area (Å²) in [7, 11) is 0. The third kappa shape index (κ3) is 5.21. The Morgan fingerprint density at radius 1 is 0.543 bits per heavy atom. The first-order chi connectivity index (χ1) is 15.1. The van der Waals surface area contributed by atoms with Crippen LogP contribution in [0.4, 0.5) is 74.6 Å². The van der Waals surface area contributed by atoms with Crippen molar-refractivity contribution in [3.05, 3.63) is 0 Å². The van der Waals surface area contributed by atoms with Gasteiger partial charge in [0.15, 0.2) is 0 Å². The summed E-state index contributed by atoms with van der Waals surface area (Å²) in [6, 6.07) is 0.536. The maximum absolute atomic E-state index is 13.0. The Hall–Kier alpha value is -1.76. The van der Waals surface area contributed by atoms with Crippen LogP contribution in [-0.4, -0.2) is 64.8 Å². The van der Waals surface area contributed by atoms with Crippen molar-refractivity contribution >= 4 is 5.97 Å². The maximum atomic E-state index is 13.0. The summed E-state index contributed by atoms with van der Waals surface area (Å²) in [4.78, 5) is 9.77. The smallest absolute Gasteiger partial charge is 0.460 e. The molecule has 0 aromatic carbocycles. The summed E-state index contributed by atoms with van der Waals surface area (Å²) >= 11 is 0. The molecule has 0 aromatic rings. The lowest BCUT2D eigenvalue weighted by Crippen LogP contribution is -2.75. The molecule has 35 heavy (non-hydrogen) atoms. The minimum atomic E-state index is -8.76. The van der Waals surface area contributed by atoms with Crippen molar-refractivity contribution in [3.63, 3.8) is 0 Å². The predicted octanol–water partition coefficient (Wildman–Crippen LogP) is 6.36. The second kappa shape index (κ2) is 9.60. The molecule has 20 heteroatoms. The van der Waals surface area contributed by atoms with E-state index >= 15 is 0 Å². The first-order valence-electron chi connectivity index (χ1n) is 8.79. The van der Waals surface area contributed by atoms with E-state index in [9.17, 15) is 79.4 Å². The molecule has 0 heterocycles. The molecule has 1 aliphatic carbocycles. The number of carbonyl (C=O) groups is 1.